The lowest BCUT2D eigenvalue weighted by atomic mass is 9.91. The highest BCUT2D eigenvalue weighted by molar-refractivity contribution is 5.76. The largest absolute Gasteiger partial charge is 0.344 e. The van der Waals surface area contributed by atoms with Gasteiger partial charge in [-0.15, -0.1) is 0 Å². The van der Waals surface area contributed by atoms with Gasteiger partial charge in [-0.05, 0) is 57.2 Å². The quantitative estimate of drug-likeness (QED) is 0.893. The summed E-state index contributed by atoms with van der Waals surface area (Å²) in [5, 5.41) is 3.38. The third-order valence-corrected chi connectivity index (χ3v) is 4.63. The Labute approximate surface area is 121 Å². The van der Waals surface area contributed by atoms with Crippen LogP contribution in [0.5, 0.6) is 0 Å². The Hall–Kier alpha value is -1.29. The van der Waals surface area contributed by atoms with Crippen molar-refractivity contribution < 1.29 is 4.79 Å². The predicted molar refractivity (Wildman–Crippen MR) is 79.6 cm³/mol. The molecule has 4 heteroatoms. The van der Waals surface area contributed by atoms with Gasteiger partial charge in [0.25, 0.3) is 0 Å². The van der Waals surface area contributed by atoms with Crippen molar-refractivity contribution in [3.05, 3.63) is 23.5 Å². The van der Waals surface area contributed by atoms with Gasteiger partial charge in [0, 0.05) is 31.0 Å². The van der Waals surface area contributed by atoms with Crippen molar-refractivity contribution >= 4 is 5.91 Å². The van der Waals surface area contributed by atoms with Crippen molar-refractivity contribution in [3.63, 3.8) is 0 Å². The molecule has 0 spiro atoms. The van der Waals surface area contributed by atoms with Gasteiger partial charge in [-0.3, -0.25) is 4.79 Å². The second-order valence-electron chi connectivity index (χ2n) is 6.06. The van der Waals surface area contributed by atoms with Crippen molar-refractivity contribution in [3.8, 4) is 0 Å². The molecule has 110 valence electrons. The SMILES string of the molecule is CCN(C(=O)Cn1cc2c(c1)C(NC)CCC2)C1CC1. The lowest BCUT2D eigenvalue weighted by Gasteiger charge is -2.21. The molecule has 1 amide bonds. The molecule has 2 aliphatic carbocycles. The number of hydrogen-bond acceptors (Lipinski definition) is 2. The van der Waals surface area contributed by atoms with Crippen molar-refractivity contribution in [1.29, 1.82) is 0 Å². The van der Waals surface area contributed by atoms with E-state index in [0.29, 0.717) is 18.6 Å². The zero-order chi connectivity index (χ0) is 14.1. The molecular weight excluding hydrogens is 250 g/mol. The van der Waals surface area contributed by atoms with Crippen LogP contribution in [0.4, 0.5) is 0 Å². The number of aromatic nitrogens is 1. The molecule has 1 heterocycles. The first-order valence-electron chi connectivity index (χ1n) is 7.88. The monoisotopic (exact) mass is 275 g/mol. The number of carbonyl (C=O) groups excluding carboxylic acids is 1. The molecule has 1 atom stereocenters. The van der Waals surface area contributed by atoms with Gasteiger partial charge >= 0.3 is 0 Å². The van der Waals surface area contributed by atoms with Crippen LogP contribution in [-0.2, 0) is 17.8 Å². The minimum atomic E-state index is 0.267. The zero-order valence-electron chi connectivity index (χ0n) is 12.6. The zero-order valence-corrected chi connectivity index (χ0v) is 12.6. The number of fused-ring (bicyclic) bond motifs is 1. The first-order valence-corrected chi connectivity index (χ1v) is 7.88. The topological polar surface area (TPSA) is 37.3 Å². The van der Waals surface area contributed by atoms with Gasteiger partial charge in [0.1, 0.15) is 6.54 Å². The number of carbonyl (C=O) groups is 1. The molecule has 1 aromatic rings. The van der Waals surface area contributed by atoms with Crippen molar-refractivity contribution in [1.82, 2.24) is 14.8 Å². The Kier molecular flexibility index (Phi) is 3.83. The number of nitrogens with one attached hydrogen (secondary N) is 1. The third-order valence-electron chi connectivity index (χ3n) is 4.63. The number of nitrogens with zero attached hydrogens (tertiary/aromatic N) is 2. The van der Waals surface area contributed by atoms with E-state index in [0.717, 1.165) is 13.0 Å². The number of amides is 1. The highest BCUT2D eigenvalue weighted by Crippen LogP contribution is 2.30. The maximum absolute atomic E-state index is 12.4. The van der Waals surface area contributed by atoms with E-state index in [1.807, 2.05) is 11.9 Å². The van der Waals surface area contributed by atoms with Gasteiger partial charge in [-0.1, -0.05) is 0 Å². The summed E-state index contributed by atoms with van der Waals surface area (Å²) in [4.78, 5) is 14.4. The summed E-state index contributed by atoms with van der Waals surface area (Å²) in [7, 11) is 2.02. The molecule has 1 fully saturated rings. The molecule has 1 aromatic heterocycles. The first kappa shape index (κ1) is 13.7. The second kappa shape index (κ2) is 5.60. The van der Waals surface area contributed by atoms with Gasteiger partial charge in [-0.25, -0.2) is 0 Å². The summed E-state index contributed by atoms with van der Waals surface area (Å²) in [6.45, 7) is 3.41. The minimum absolute atomic E-state index is 0.267. The van der Waals surface area contributed by atoms with Crippen LogP contribution >= 0.6 is 0 Å². The van der Waals surface area contributed by atoms with Gasteiger partial charge in [0.15, 0.2) is 0 Å². The van der Waals surface area contributed by atoms with Crippen LogP contribution in [0, 0.1) is 0 Å². The average molecular weight is 275 g/mol. The first-order chi connectivity index (χ1) is 9.72. The Bertz CT molecular complexity index is 490. The normalized spacial score (nSPS) is 21.6. The molecule has 1 saturated carbocycles. The van der Waals surface area contributed by atoms with E-state index >= 15 is 0 Å². The van der Waals surface area contributed by atoms with E-state index in [1.54, 1.807) is 0 Å². The highest BCUT2D eigenvalue weighted by atomic mass is 16.2. The molecule has 1 N–H and O–H groups in total. The number of hydrogen-bond donors (Lipinski definition) is 1. The summed E-state index contributed by atoms with van der Waals surface area (Å²) in [6.07, 6.45) is 10.3. The maximum atomic E-state index is 12.4. The van der Waals surface area contributed by atoms with Crippen molar-refractivity contribution in [2.45, 2.75) is 57.7 Å². The smallest absolute Gasteiger partial charge is 0.242 e. The average Bonchev–Trinajstić information content (AvgIpc) is 3.18. The minimum Gasteiger partial charge on any atom is -0.344 e. The Morgan fingerprint density at radius 1 is 1.40 bits per heavy atom. The van der Waals surface area contributed by atoms with Crippen molar-refractivity contribution in [2.24, 2.45) is 0 Å². The molecule has 0 bridgehead atoms. The van der Waals surface area contributed by atoms with Crippen molar-refractivity contribution in [2.75, 3.05) is 13.6 Å². The van der Waals surface area contributed by atoms with E-state index in [4.69, 9.17) is 0 Å². The summed E-state index contributed by atoms with van der Waals surface area (Å²) in [5.74, 6) is 0.267. The molecule has 0 saturated heterocycles. The Balaban J connectivity index is 1.71. The van der Waals surface area contributed by atoms with E-state index in [2.05, 4.69) is 29.2 Å². The Morgan fingerprint density at radius 2 is 2.20 bits per heavy atom. The van der Waals surface area contributed by atoms with Gasteiger partial charge in [0.05, 0.1) is 0 Å². The molecule has 1 unspecified atom stereocenters. The predicted octanol–water partition coefficient (Wildman–Crippen LogP) is 2.10. The fraction of sp³-hybridized carbons (Fsp3) is 0.688. The number of likely N-dealkylation sites (N-methyl/N-ethyl adjacent to an activating group) is 1. The van der Waals surface area contributed by atoms with Crippen LogP contribution in [0.2, 0.25) is 0 Å². The number of aryl methyl sites for hydroxylation is 1. The summed E-state index contributed by atoms with van der Waals surface area (Å²) < 4.78 is 2.09. The number of rotatable bonds is 5. The van der Waals surface area contributed by atoms with E-state index in [1.165, 1.54) is 36.8 Å². The fourth-order valence-electron chi connectivity index (χ4n) is 3.41. The maximum Gasteiger partial charge on any atom is 0.242 e. The van der Waals surface area contributed by atoms with Crippen LogP contribution in [-0.4, -0.2) is 35.0 Å². The van der Waals surface area contributed by atoms with E-state index in [-0.39, 0.29) is 5.91 Å². The fourth-order valence-corrected chi connectivity index (χ4v) is 3.41. The molecular formula is C16H25N3O. The molecule has 20 heavy (non-hydrogen) atoms. The van der Waals surface area contributed by atoms with E-state index in [9.17, 15) is 4.79 Å². The molecule has 0 aliphatic heterocycles. The van der Waals surface area contributed by atoms with Crippen LogP contribution < -0.4 is 5.32 Å². The Morgan fingerprint density at radius 3 is 2.85 bits per heavy atom. The molecule has 4 nitrogen and oxygen atoms in total. The second-order valence-corrected chi connectivity index (χ2v) is 6.06. The highest BCUT2D eigenvalue weighted by Gasteiger charge is 2.31. The lowest BCUT2D eigenvalue weighted by Crippen LogP contribution is -2.35. The molecule has 0 radical (unpaired) electrons. The molecule has 3 rings (SSSR count). The summed E-state index contributed by atoms with van der Waals surface area (Å²) in [5.41, 5.74) is 2.80. The molecule has 0 aromatic carbocycles. The van der Waals surface area contributed by atoms with Crippen LogP contribution in [0.1, 0.15) is 49.8 Å². The van der Waals surface area contributed by atoms with Gasteiger partial charge < -0.3 is 14.8 Å². The van der Waals surface area contributed by atoms with Gasteiger partial charge in [-0.2, -0.15) is 0 Å². The van der Waals surface area contributed by atoms with Crippen LogP contribution in [0.15, 0.2) is 12.4 Å². The van der Waals surface area contributed by atoms with E-state index < -0.39 is 0 Å². The summed E-state index contributed by atoms with van der Waals surface area (Å²) in [6, 6.07) is 0.976. The van der Waals surface area contributed by atoms with Gasteiger partial charge in [0.2, 0.25) is 5.91 Å². The third kappa shape index (κ3) is 2.62. The standard InChI is InChI=1S/C16H25N3O/c1-3-19(13-7-8-13)16(20)11-18-9-12-5-4-6-15(17-2)14(12)10-18/h9-10,13,15,17H,3-8,11H2,1-2H3. The lowest BCUT2D eigenvalue weighted by molar-refractivity contribution is -0.132. The molecule has 2 aliphatic rings. The van der Waals surface area contributed by atoms with Crippen LogP contribution in [0.25, 0.3) is 0 Å². The van der Waals surface area contributed by atoms with Crippen LogP contribution in [0.3, 0.4) is 0 Å². The summed E-state index contributed by atoms with van der Waals surface area (Å²) >= 11 is 0.